The van der Waals surface area contributed by atoms with Crippen LogP contribution in [-0.2, 0) is 4.79 Å². The van der Waals surface area contributed by atoms with Gasteiger partial charge in [0, 0.05) is 17.7 Å². The lowest BCUT2D eigenvalue weighted by Crippen LogP contribution is -2.11. The second kappa shape index (κ2) is 9.33. The third kappa shape index (κ3) is 5.81. The van der Waals surface area contributed by atoms with Gasteiger partial charge in [-0.1, -0.05) is 12.1 Å². The fourth-order valence-electron chi connectivity index (χ4n) is 2.23. The fraction of sp³-hybridized carbons (Fsp3) is 0.158. The molecule has 0 unspecified atom stereocenters. The quantitative estimate of drug-likeness (QED) is 0.679. The summed E-state index contributed by atoms with van der Waals surface area (Å²) in [6, 6.07) is 10.1. The molecule has 27 heavy (non-hydrogen) atoms. The van der Waals surface area contributed by atoms with Gasteiger partial charge < -0.3 is 19.9 Å². The van der Waals surface area contributed by atoms with Gasteiger partial charge in [0.15, 0.2) is 0 Å². The number of carboxylic acid groups (broad SMARTS) is 1. The summed E-state index contributed by atoms with van der Waals surface area (Å²) in [4.78, 5) is 23.2. The average Bonchev–Trinajstić information content (AvgIpc) is 2.61. The molecule has 0 aliphatic rings. The number of para-hydroxylation sites is 1. The number of aromatic carboxylic acids is 1. The zero-order chi connectivity index (χ0) is 19.8. The first-order valence-electron chi connectivity index (χ1n) is 7.93. The van der Waals surface area contributed by atoms with Crippen molar-refractivity contribution >= 4 is 23.6 Å². The van der Waals surface area contributed by atoms with Gasteiger partial charge in [-0.2, -0.15) is 8.78 Å². The summed E-state index contributed by atoms with van der Waals surface area (Å²) in [5.74, 6) is -1.52. The van der Waals surface area contributed by atoms with Gasteiger partial charge in [-0.3, -0.25) is 4.79 Å². The zero-order valence-electron chi connectivity index (χ0n) is 14.3. The van der Waals surface area contributed by atoms with Crippen molar-refractivity contribution < 1.29 is 33.0 Å². The summed E-state index contributed by atoms with van der Waals surface area (Å²) in [5.41, 5.74) is 0.591. The van der Waals surface area contributed by atoms with E-state index in [2.05, 4.69) is 10.1 Å². The molecule has 2 rings (SSSR count). The minimum Gasteiger partial charge on any atom is -0.493 e. The van der Waals surface area contributed by atoms with Gasteiger partial charge in [-0.05, 0) is 37.3 Å². The minimum atomic E-state index is -2.96. The molecule has 0 atom stereocenters. The summed E-state index contributed by atoms with van der Waals surface area (Å²) >= 11 is 0. The Balaban J connectivity index is 2.17. The van der Waals surface area contributed by atoms with E-state index in [-0.39, 0.29) is 29.4 Å². The lowest BCUT2D eigenvalue weighted by molar-refractivity contribution is -0.111. The van der Waals surface area contributed by atoms with Gasteiger partial charge in [0.2, 0.25) is 5.91 Å². The first kappa shape index (κ1) is 19.9. The van der Waals surface area contributed by atoms with Gasteiger partial charge in [-0.25, -0.2) is 4.79 Å². The Labute approximate surface area is 154 Å². The summed E-state index contributed by atoms with van der Waals surface area (Å²) in [7, 11) is 0. The molecular weight excluding hydrogens is 360 g/mol. The molecule has 6 nitrogen and oxygen atoms in total. The van der Waals surface area contributed by atoms with Crippen LogP contribution in [0, 0.1) is 0 Å². The molecular formula is C19H17F2NO5. The first-order valence-corrected chi connectivity index (χ1v) is 7.93. The van der Waals surface area contributed by atoms with Crippen molar-refractivity contribution in [3.8, 4) is 11.5 Å². The van der Waals surface area contributed by atoms with Crippen molar-refractivity contribution in [1.29, 1.82) is 0 Å². The zero-order valence-corrected chi connectivity index (χ0v) is 14.3. The summed E-state index contributed by atoms with van der Waals surface area (Å²) < 4.78 is 34.3. The second-order valence-electron chi connectivity index (χ2n) is 5.18. The van der Waals surface area contributed by atoms with E-state index in [1.165, 1.54) is 42.5 Å². The Morgan fingerprint density at radius 2 is 1.96 bits per heavy atom. The number of nitrogens with one attached hydrogen (secondary N) is 1. The number of carbonyl (C=O) groups excluding carboxylic acids is 1. The van der Waals surface area contributed by atoms with Crippen LogP contribution in [0.15, 0.2) is 48.5 Å². The maximum atomic E-state index is 12.3. The predicted molar refractivity (Wildman–Crippen MR) is 95.3 cm³/mol. The Kier molecular flexibility index (Phi) is 6.87. The maximum Gasteiger partial charge on any atom is 0.387 e. The van der Waals surface area contributed by atoms with Crippen LogP contribution in [0.3, 0.4) is 0 Å². The molecule has 0 heterocycles. The number of carboxylic acids is 1. The highest BCUT2D eigenvalue weighted by atomic mass is 19.3. The average molecular weight is 377 g/mol. The molecule has 142 valence electrons. The van der Waals surface area contributed by atoms with E-state index >= 15 is 0 Å². The Hall–Kier alpha value is -3.42. The van der Waals surface area contributed by atoms with E-state index in [4.69, 9.17) is 9.84 Å². The van der Waals surface area contributed by atoms with Crippen LogP contribution in [0.4, 0.5) is 14.5 Å². The predicted octanol–water partition coefficient (Wildman–Crippen LogP) is 4.04. The number of amides is 1. The lowest BCUT2D eigenvalue weighted by Gasteiger charge is -2.10. The first-order chi connectivity index (χ1) is 12.9. The third-order valence-electron chi connectivity index (χ3n) is 3.34. The third-order valence-corrected chi connectivity index (χ3v) is 3.34. The topological polar surface area (TPSA) is 84.9 Å². The van der Waals surface area contributed by atoms with Crippen molar-refractivity contribution in [3.05, 3.63) is 59.7 Å². The number of alkyl halides is 2. The van der Waals surface area contributed by atoms with Crippen LogP contribution in [-0.4, -0.2) is 30.2 Å². The lowest BCUT2D eigenvalue weighted by atomic mass is 10.1. The molecule has 2 aromatic rings. The van der Waals surface area contributed by atoms with Crippen LogP contribution in [0.25, 0.3) is 6.08 Å². The molecule has 1 amide bonds. The Morgan fingerprint density at radius 3 is 2.63 bits per heavy atom. The summed E-state index contributed by atoms with van der Waals surface area (Å²) in [6.07, 6.45) is 2.61. The number of benzene rings is 2. The highest BCUT2D eigenvalue weighted by Gasteiger charge is 2.11. The van der Waals surface area contributed by atoms with Crippen LogP contribution in [0.2, 0.25) is 0 Å². The SMILES string of the molecule is CCOc1cc(OC(F)F)ccc1C=CC(=O)Nc1ccccc1C(=O)O. The van der Waals surface area contributed by atoms with Crippen molar-refractivity contribution in [2.24, 2.45) is 0 Å². The molecule has 0 aliphatic carbocycles. The van der Waals surface area contributed by atoms with E-state index in [0.717, 1.165) is 0 Å². The van der Waals surface area contributed by atoms with Crippen molar-refractivity contribution in [3.63, 3.8) is 0 Å². The fourth-order valence-corrected chi connectivity index (χ4v) is 2.23. The molecule has 0 fully saturated rings. The molecule has 0 bridgehead atoms. The van der Waals surface area contributed by atoms with Gasteiger partial charge in [-0.15, -0.1) is 0 Å². The molecule has 0 radical (unpaired) electrons. The normalized spacial score (nSPS) is 10.8. The highest BCUT2D eigenvalue weighted by Crippen LogP contribution is 2.27. The maximum absolute atomic E-state index is 12.3. The molecule has 0 aromatic heterocycles. The molecule has 0 saturated carbocycles. The van der Waals surface area contributed by atoms with Crippen molar-refractivity contribution in [2.45, 2.75) is 13.5 Å². The van der Waals surface area contributed by atoms with Crippen LogP contribution in [0.1, 0.15) is 22.8 Å². The van der Waals surface area contributed by atoms with Gasteiger partial charge >= 0.3 is 12.6 Å². The molecule has 8 heteroatoms. The van der Waals surface area contributed by atoms with Crippen LogP contribution >= 0.6 is 0 Å². The molecule has 0 spiro atoms. The number of carbonyl (C=O) groups is 2. The molecule has 2 N–H and O–H groups in total. The van der Waals surface area contributed by atoms with E-state index in [1.54, 1.807) is 19.1 Å². The van der Waals surface area contributed by atoms with Gasteiger partial charge in [0.05, 0.1) is 17.9 Å². The Bertz CT molecular complexity index is 852. The molecule has 0 aliphatic heterocycles. The monoisotopic (exact) mass is 377 g/mol. The van der Waals surface area contributed by atoms with Crippen LogP contribution < -0.4 is 14.8 Å². The highest BCUT2D eigenvalue weighted by molar-refractivity contribution is 6.06. The standard InChI is InChI=1S/C19H17F2NO5/c1-2-26-16-11-13(27-19(20)21)9-7-12(16)8-10-17(23)22-15-6-4-3-5-14(15)18(24)25/h3-11,19H,2H2,1H3,(H,22,23)(H,24,25). The number of ether oxygens (including phenoxy) is 2. The summed E-state index contributed by atoms with van der Waals surface area (Å²) in [6.45, 7) is -0.943. The second-order valence-corrected chi connectivity index (χ2v) is 5.18. The summed E-state index contributed by atoms with van der Waals surface area (Å²) in [5, 5.41) is 11.6. The number of hydrogen-bond donors (Lipinski definition) is 2. The molecule has 2 aromatic carbocycles. The van der Waals surface area contributed by atoms with Crippen LogP contribution in [0.5, 0.6) is 11.5 Å². The van der Waals surface area contributed by atoms with Crippen molar-refractivity contribution in [1.82, 2.24) is 0 Å². The van der Waals surface area contributed by atoms with Gasteiger partial charge in [0.1, 0.15) is 11.5 Å². The number of halogens is 2. The van der Waals surface area contributed by atoms with Gasteiger partial charge in [0.25, 0.3) is 0 Å². The molecule has 0 saturated heterocycles. The number of hydrogen-bond acceptors (Lipinski definition) is 4. The Morgan fingerprint density at radius 1 is 1.22 bits per heavy atom. The number of rotatable bonds is 8. The number of anilines is 1. The van der Waals surface area contributed by atoms with E-state index in [0.29, 0.717) is 5.56 Å². The van der Waals surface area contributed by atoms with Crippen molar-refractivity contribution in [2.75, 3.05) is 11.9 Å². The van der Waals surface area contributed by atoms with E-state index in [9.17, 15) is 18.4 Å². The minimum absolute atomic E-state index is 0.0391. The largest absolute Gasteiger partial charge is 0.493 e. The van der Waals surface area contributed by atoms with E-state index < -0.39 is 18.5 Å². The van der Waals surface area contributed by atoms with E-state index in [1.807, 2.05) is 0 Å². The smallest absolute Gasteiger partial charge is 0.387 e.